The molecule has 1 heterocycles. The minimum atomic E-state index is -0.910. The fraction of sp³-hybridized carbons (Fsp3) is 0.536. The second-order valence-corrected chi connectivity index (χ2v) is 10.5. The number of aliphatic hydroxyl groups is 1. The number of nitrogens with zero attached hydrogens (tertiary/aromatic N) is 1. The van der Waals surface area contributed by atoms with Crippen molar-refractivity contribution in [3.05, 3.63) is 59.2 Å². The van der Waals surface area contributed by atoms with Gasteiger partial charge in [0.1, 0.15) is 12.4 Å². The van der Waals surface area contributed by atoms with E-state index in [4.69, 9.17) is 9.47 Å². The van der Waals surface area contributed by atoms with Crippen molar-refractivity contribution in [2.24, 2.45) is 5.92 Å². The lowest BCUT2D eigenvalue weighted by Crippen LogP contribution is -2.73. The Kier molecular flexibility index (Phi) is 5.04. The summed E-state index contributed by atoms with van der Waals surface area (Å²) in [6.07, 6.45) is 5.58. The Hall–Kier alpha value is -2.37. The maximum atomic E-state index is 12.8. The Morgan fingerprint density at radius 3 is 2.70 bits per heavy atom. The van der Waals surface area contributed by atoms with Gasteiger partial charge in [-0.3, -0.25) is 9.69 Å². The number of ketones is 1. The van der Waals surface area contributed by atoms with Gasteiger partial charge in [0.15, 0.2) is 11.5 Å². The SMILES string of the molecule is COc1c(OCc2ccccc2)ccc2c1C13CCN(CC4CC4)C(C2)C1(O)CCC(=O)C3. The number of likely N-dealkylation sites (tertiary alicyclic amines) is 1. The minimum absolute atomic E-state index is 0.0632. The van der Waals surface area contributed by atoms with Crippen LogP contribution in [0.4, 0.5) is 0 Å². The first kappa shape index (κ1) is 21.2. The van der Waals surface area contributed by atoms with E-state index in [1.54, 1.807) is 7.11 Å². The van der Waals surface area contributed by atoms with Gasteiger partial charge in [-0.05, 0) is 61.8 Å². The summed E-state index contributed by atoms with van der Waals surface area (Å²) in [5.41, 5.74) is 1.80. The van der Waals surface area contributed by atoms with Gasteiger partial charge in [-0.15, -0.1) is 0 Å². The van der Waals surface area contributed by atoms with Crippen LogP contribution in [0, 0.1) is 5.92 Å². The zero-order valence-electron chi connectivity index (χ0n) is 19.4. The lowest BCUT2D eigenvalue weighted by atomic mass is 9.49. The van der Waals surface area contributed by atoms with Gasteiger partial charge in [0.2, 0.25) is 0 Å². The first-order valence-corrected chi connectivity index (χ1v) is 12.4. The van der Waals surface area contributed by atoms with Crippen molar-refractivity contribution in [2.75, 3.05) is 20.2 Å². The molecule has 3 aliphatic carbocycles. The molecule has 0 amide bonds. The Morgan fingerprint density at radius 1 is 1.12 bits per heavy atom. The summed E-state index contributed by atoms with van der Waals surface area (Å²) >= 11 is 0. The van der Waals surface area contributed by atoms with Crippen LogP contribution in [-0.4, -0.2) is 47.6 Å². The van der Waals surface area contributed by atoms with Gasteiger partial charge in [0.25, 0.3) is 0 Å². The molecule has 3 unspecified atom stereocenters. The van der Waals surface area contributed by atoms with Crippen LogP contribution in [0.25, 0.3) is 0 Å². The van der Waals surface area contributed by atoms with E-state index in [1.807, 2.05) is 36.4 Å². The molecule has 1 N–H and O–H groups in total. The topological polar surface area (TPSA) is 59.0 Å². The molecule has 2 aromatic carbocycles. The lowest BCUT2D eigenvalue weighted by molar-refractivity contribution is -0.173. The number of Topliss-reactive ketones (excluding diaryl/α,β-unsaturated/α-hetero) is 1. The quantitative estimate of drug-likeness (QED) is 0.724. The second kappa shape index (κ2) is 7.85. The standard InChI is InChI=1S/C28H33NO4/c1-32-26-23(33-18-20-5-3-2-4-6-20)10-9-21-15-24-28(31)12-11-22(30)16-27(28,25(21)26)13-14-29(24)17-19-7-8-19/h2-6,9-10,19,24,31H,7-8,11-18H2,1H3. The number of rotatable bonds is 6. The summed E-state index contributed by atoms with van der Waals surface area (Å²) in [6.45, 7) is 2.44. The van der Waals surface area contributed by atoms with E-state index in [-0.39, 0.29) is 11.8 Å². The molecular weight excluding hydrogens is 414 g/mol. The number of hydrogen-bond acceptors (Lipinski definition) is 5. The molecular formula is C28H33NO4. The van der Waals surface area contributed by atoms with Gasteiger partial charge in [0.05, 0.1) is 12.7 Å². The molecule has 2 aromatic rings. The second-order valence-electron chi connectivity index (χ2n) is 10.5. The van der Waals surface area contributed by atoms with Crippen LogP contribution in [0.5, 0.6) is 11.5 Å². The van der Waals surface area contributed by atoms with Crippen molar-refractivity contribution in [1.82, 2.24) is 4.90 Å². The molecule has 0 radical (unpaired) electrons. The zero-order chi connectivity index (χ0) is 22.6. The molecule has 0 aromatic heterocycles. The number of fused-ring (bicyclic) bond motifs is 1. The van der Waals surface area contributed by atoms with E-state index >= 15 is 0 Å². The molecule has 3 fully saturated rings. The fourth-order valence-corrected chi connectivity index (χ4v) is 6.87. The Morgan fingerprint density at radius 2 is 1.94 bits per heavy atom. The third-order valence-corrected chi connectivity index (χ3v) is 8.66. The van der Waals surface area contributed by atoms with Crippen LogP contribution in [-0.2, 0) is 23.2 Å². The molecule has 3 atom stereocenters. The van der Waals surface area contributed by atoms with Gasteiger partial charge in [-0.1, -0.05) is 36.4 Å². The monoisotopic (exact) mass is 447 g/mol. The molecule has 33 heavy (non-hydrogen) atoms. The molecule has 1 aliphatic heterocycles. The van der Waals surface area contributed by atoms with Crippen LogP contribution in [0.1, 0.15) is 55.2 Å². The highest BCUT2D eigenvalue weighted by atomic mass is 16.5. The Labute approximate surface area is 195 Å². The maximum Gasteiger partial charge on any atom is 0.164 e. The number of methoxy groups -OCH3 is 1. The Bertz CT molecular complexity index is 1070. The predicted octanol–water partition coefficient (Wildman–Crippen LogP) is 4.04. The van der Waals surface area contributed by atoms with Crippen LogP contribution < -0.4 is 9.47 Å². The van der Waals surface area contributed by atoms with Crippen molar-refractivity contribution in [2.45, 2.75) is 68.6 Å². The van der Waals surface area contributed by atoms with Gasteiger partial charge in [-0.25, -0.2) is 0 Å². The fourth-order valence-electron chi connectivity index (χ4n) is 6.87. The van der Waals surface area contributed by atoms with Crippen molar-refractivity contribution < 1.29 is 19.4 Å². The van der Waals surface area contributed by atoms with Crippen LogP contribution in [0.15, 0.2) is 42.5 Å². The molecule has 0 spiro atoms. The summed E-state index contributed by atoms with van der Waals surface area (Å²) in [7, 11) is 1.68. The zero-order valence-corrected chi connectivity index (χ0v) is 19.4. The first-order chi connectivity index (χ1) is 16.0. The third-order valence-electron chi connectivity index (χ3n) is 8.66. The van der Waals surface area contributed by atoms with Gasteiger partial charge < -0.3 is 14.6 Å². The number of carbonyl (C=O) groups excluding carboxylic acids is 1. The molecule has 5 heteroatoms. The summed E-state index contributed by atoms with van der Waals surface area (Å²) < 4.78 is 12.2. The molecule has 4 aliphatic rings. The van der Waals surface area contributed by atoms with Crippen molar-refractivity contribution in [3.63, 3.8) is 0 Å². The van der Waals surface area contributed by atoms with Crippen LogP contribution in [0.3, 0.4) is 0 Å². The average molecular weight is 448 g/mol. The van der Waals surface area contributed by atoms with E-state index in [1.165, 1.54) is 18.4 Å². The van der Waals surface area contributed by atoms with Crippen molar-refractivity contribution in [1.29, 1.82) is 0 Å². The highest BCUT2D eigenvalue weighted by molar-refractivity contribution is 5.83. The lowest BCUT2D eigenvalue weighted by Gasteiger charge is -2.63. The summed E-state index contributed by atoms with van der Waals surface area (Å²) in [4.78, 5) is 15.4. The molecule has 5 nitrogen and oxygen atoms in total. The van der Waals surface area contributed by atoms with E-state index < -0.39 is 11.0 Å². The normalized spacial score (nSPS) is 31.0. The number of carbonyl (C=O) groups is 1. The van der Waals surface area contributed by atoms with Gasteiger partial charge >= 0.3 is 0 Å². The molecule has 1 saturated heterocycles. The number of ether oxygens (including phenoxy) is 2. The number of benzene rings is 2. The largest absolute Gasteiger partial charge is 0.493 e. The molecule has 2 bridgehead atoms. The van der Waals surface area contributed by atoms with Crippen molar-refractivity contribution >= 4 is 5.78 Å². The van der Waals surface area contributed by atoms with E-state index in [9.17, 15) is 9.90 Å². The predicted molar refractivity (Wildman–Crippen MR) is 126 cm³/mol. The van der Waals surface area contributed by atoms with E-state index in [0.717, 1.165) is 43.0 Å². The highest BCUT2D eigenvalue weighted by Gasteiger charge is 2.65. The van der Waals surface area contributed by atoms with Gasteiger partial charge in [0, 0.05) is 36.4 Å². The summed E-state index contributed by atoms with van der Waals surface area (Å²) in [6, 6.07) is 14.3. The maximum absolute atomic E-state index is 12.8. The van der Waals surface area contributed by atoms with Crippen LogP contribution >= 0.6 is 0 Å². The number of hydrogen-bond donors (Lipinski definition) is 1. The highest BCUT2D eigenvalue weighted by Crippen LogP contribution is 2.61. The summed E-state index contributed by atoms with van der Waals surface area (Å²) in [5.74, 6) is 2.41. The molecule has 2 saturated carbocycles. The third kappa shape index (κ3) is 3.31. The van der Waals surface area contributed by atoms with Crippen molar-refractivity contribution in [3.8, 4) is 11.5 Å². The van der Waals surface area contributed by atoms with E-state index in [2.05, 4.69) is 11.0 Å². The minimum Gasteiger partial charge on any atom is -0.493 e. The number of piperidine rings is 1. The van der Waals surface area contributed by atoms with E-state index in [0.29, 0.717) is 37.4 Å². The molecule has 174 valence electrons. The van der Waals surface area contributed by atoms with Gasteiger partial charge in [-0.2, -0.15) is 0 Å². The average Bonchev–Trinajstić information content (AvgIpc) is 3.64. The smallest absolute Gasteiger partial charge is 0.164 e. The summed E-state index contributed by atoms with van der Waals surface area (Å²) in [5, 5.41) is 12.4. The van der Waals surface area contributed by atoms with Crippen LogP contribution in [0.2, 0.25) is 0 Å². The molecule has 6 rings (SSSR count). The Balaban J connectivity index is 1.43. The first-order valence-electron chi connectivity index (χ1n) is 12.4.